The van der Waals surface area contributed by atoms with Gasteiger partial charge in [0.1, 0.15) is 0 Å². The molecule has 3 nitrogen and oxygen atoms in total. The molecule has 2 N–H and O–H groups in total. The van der Waals surface area contributed by atoms with Crippen LogP contribution in [0.3, 0.4) is 0 Å². The van der Waals surface area contributed by atoms with Crippen LogP contribution in [0.25, 0.3) is 10.9 Å². The van der Waals surface area contributed by atoms with E-state index in [4.69, 9.17) is 10.5 Å². The summed E-state index contributed by atoms with van der Waals surface area (Å²) in [6.07, 6.45) is 1.05. The van der Waals surface area contributed by atoms with Crippen LogP contribution in [0.1, 0.15) is 12.1 Å². The normalized spacial score (nSPS) is 11.0. The standard InChI is InChI=1S/C14H18N2OS/c1-10-8-14(18-7-3-6-17-2)12-9-11(15)4-5-13(12)16-10/h4-5,8-9H,3,6-7,15H2,1-2H3. The van der Waals surface area contributed by atoms with E-state index >= 15 is 0 Å². The van der Waals surface area contributed by atoms with E-state index < -0.39 is 0 Å². The van der Waals surface area contributed by atoms with Crippen LogP contribution in [0.2, 0.25) is 0 Å². The number of hydrogen-bond donors (Lipinski definition) is 1. The fourth-order valence-electron chi connectivity index (χ4n) is 1.84. The molecule has 2 rings (SSSR count). The minimum atomic E-state index is 0.784. The predicted octanol–water partition coefficient (Wildman–Crippen LogP) is 3.25. The van der Waals surface area contributed by atoms with Crippen LogP contribution in [0.5, 0.6) is 0 Å². The summed E-state index contributed by atoms with van der Waals surface area (Å²) >= 11 is 1.84. The Morgan fingerprint density at radius 2 is 2.17 bits per heavy atom. The molecule has 0 saturated heterocycles. The maximum atomic E-state index is 5.85. The maximum Gasteiger partial charge on any atom is 0.0717 e. The van der Waals surface area contributed by atoms with E-state index in [1.165, 1.54) is 4.90 Å². The second kappa shape index (κ2) is 6.07. The van der Waals surface area contributed by atoms with Crippen LogP contribution in [0.15, 0.2) is 29.2 Å². The van der Waals surface area contributed by atoms with Crippen molar-refractivity contribution in [3.8, 4) is 0 Å². The first-order valence-electron chi connectivity index (χ1n) is 5.99. The van der Waals surface area contributed by atoms with Gasteiger partial charge in [0.2, 0.25) is 0 Å². The van der Waals surface area contributed by atoms with Crippen LogP contribution in [0, 0.1) is 6.92 Å². The quantitative estimate of drug-likeness (QED) is 0.510. The fourth-order valence-corrected chi connectivity index (χ4v) is 2.90. The van der Waals surface area contributed by atoms with Gasteiger partial charge in [0.25, 0.3) is 0 Å². The largest absolute Gasteiger partial charge is 0.399 e. The van der Waals surface area contributed by atoms with Gasteiger partial charge in [0.15, 0.2) is 0 Å². The van der Waals surface area contributed by atoms with Gasteiger partial charge in [-0.2, -0.15) is 0 Å². The Kier molecular flexibility index (Phi) is 4.44. The number of nitrogens with zero attached hydrogens (tertiary/aromatic N) is 1. The molecule has 4 heteroatoms. The number of rotatable bonds is 5. The summed E-state index contributed by atoms with van der Waals surface area (Å²) in [7, 11) is 1.73. The summed E-state index contributed by atoms with van der Waals surface area (Å²) in [4.78, 5) is 5.78. The van der Waals surface area contributed by atoms with Gasteiger partial charge in [0, 0.05) is 41.1 Å². The van der Waals surface area contributed by atoms with Gasteiger partial charge in [-0.1, -0.05) is 0 Å². The van der Waals surface area contributed by atoms with Crippen molar-refractivity contribution in [1.82, 2.24) is 4.98 Å². The van der Waals surface area contributed by atoms with Crippen molar-refractivity contribution >= 4 is 28.4 Å². The highest BCUT2D eigenvalue weighted by atomic mass is 32.2. The lowest BCUT2D eigenvalue weighted by Gasteiger charge is -2.08. The number of ether oxygens (including phenoxy) is 1. The van der Waals surface area contributed by atoms with Gasteiger partial charge >= 0.3 is 0 Å². The average Bonchev–Trinajstić information content (AvgIpc) is 2.35. The molecule has 0 radical (unpaired) electrons. The Morgan fingerprint density at radius 1 is 1.33 bits per heavy atom. The van der Waals surface area contributed by atoms with E-state index in [0.29, 0.717) is 0 Å². The van der Waals surface area contributed by atoms with Crippen molar-refractivity contribution in [2.45, 2.75) is 18.2 Å². The Balaban J connectivity index is 2.27. The zero-order valence-corrected chi connectivity index (χ0v) is 11.6. The highest BCUT2D eigenvalue weighted by Crippen LogP contribution is 2.29. The lowest BCUT2D eigenvalue weighted by molar-refractivity contribution is 0.200. The summed E-state index contributed by atoms with van der Waals surface area (Å²) in [5.41, 5.74) is 8.69. The summed E-state index contributed by atoms with van der Waals surface area (Å²) in [5, 5.41) is 1.14. The average molecular weight is 262 g/mol. The number of aryl methyl sites for hydroxylation is 1. The third kappa shape index (κ3) is 3.15. The molecule has 0 aliphatic carbocycles. The molecule has 0 bridgehead atoms. The van der Waals surface area contributed by atoms with Crippen molar-refractivity contribution in [1.29, 1.82) is 0 Å². The van der Waals surface area contributed by atoms with Crippen LogP contribution in [-0.4, -0.2) is 24.5 Å². The molecule has 0 amide bonds. The highest BCUT2D eigenvalue weighted by Gasteiger charge is 2.05. The number of methoxy groups -OCH3 is 1. The molecule has 0 unspecified atom stereocenters. The minimum Gasteiger partial charge on any atom is -0.399 e. The number of anilines is 1. The van der Waals surface area contributed by atoms with Crippen LogP contribution in [0.4, 0.5) is 5.69 Å². The molecule has 0 fully saturated rings. The van der Waals surface area contributed by atoms with Crippen LogP contribution in [-0.2, 0) is 4.74 Å². The summed E-state index contributed by atoms with van der Waals surface area (Å²) in [6, 6.07) is 8.00. The summed E-state index contributed by atoms with van der Waals surface area (Å²) < 4.78 is 5.06. The van der Waals surface area contributed by atoms with Crippen molar-refractivity contribution < 1.29 is 4.74 Å². The number of nitrogens with two attached hydrogens (primary N) is 1. The zero-order chi connectivity index (χ0) is 13.0. The molecule has 2 aromatic rings. The number of thioether (sulfide) groups is 1. The molecule has 18 heavy (non-hydrogen) atoms. The minimum absolute atomic E-state index is 0.784. The molecular weight excluding hydrogens is 244 g/mol. The van der Waals surface area contributed by atoms with E-state index in [9.17, 15) is 0 Å². The van der Waals surface area contributed by atoms with Gasteiger partial charge < -0.3 is 10.5 Å². The lowest BCUT2D eigenvalue weighted by atomic mass is 10.2. The zero-order valence-electron chi connectivity index (χ0n) is 10.8. The van der Waals surface area contributed by atoms with Crippen molar-refractivity contribution in [3.05, 3.63) is 30.0 Å². The maximum absolute atomic E-state index is 5.85. The molecule has 0 atom stereocenters. The van der Waals surface area contributed by atoms with Gasteiger partial charge in [-0.15, -0.1) is 11.8 Å². The van der Waals surface area contributed by atoms with Gasteiger partial charge in [-0.3, -0.25) is 4.98 Å². The first-order chi connectivity index (χ1) is 8.70. The Morgan fingerprint density at radius 3 is 2.94 bits per heavy atom. The Bertz CT molecular complexity index is 543. The second-order valence-corrected chi connectivity index (χ2v) is 5.37. The molecule has 0 aliphatic rings. The number of pyridine rings is 1. The van der Waals surface area contributed by atoms with Crippen molar-refractivity contribution in [2.24, 2.45) is 0 Å². The summed E-state index contributed by atoms with van der Waals surface area (Å²) in [6.45, 7) is 2.83. The molecule has 96 valence electrons. The predicted molar refractivity (Wildman–Crippen MR) is 78.1 cm³/mol. The lowest BCUT2D eigenvalue weighted by Crippen LogP contribution is -1.93. The number of nitrogen functional groups attached to an aromatic ring is 1. The highest BCUT2D eigenvalue weighted by molar-refractivity contribution is 7.99. The van der Waals surface area contributed by atoms with Gasteiger partial charge in [0.05, 0.1) is 5.52 Å². The van der Waals surface area contributed by atoms with Crippen LogP contribution >= 0.6 is 11.8 Å². The molecule has 1 heterocycles. The molecule has 0 saturated carbocycles. The monoisotopic (exact) mass is 262 g/mol. The smallest absolute Gasteiger partial charge is 0.0717 e. The second-order valence-electron chi connectivity index (χ2n) is 4.23. The number of aromatic nitrogens is 1. The van der Waals surface area contributed by atoms with E-state index in [1.807, 2.05) is 36.9 Å². The molecule has 1 aromatic carbocycles. The Labute approximate surface area is 112 Å². The Hall–Kier alpha value is -1.26. The summed E-state index contributed by atoms with van der Waals surface area (Å²) in [5.74, 6) is 1.04. The van der Waals surface area contributed by atoms with E-state index in [1.54, 1.807) is 7.11 Å². The first-order valence-corrected chi connectivity index (χ1v) is 6.98. The third-order valence-corrected chi connectivity index (χ3v) is 3.81. The molecule has 0 spiro atoms. The number of benzene rings is 1. The fraction of sp³-hybridized carbons (Fsp3) is 0.357. The molecule has 1 aromatic heterocycles. The topological polar surface area (TPSA) is 48.1 Å². The number of hydrogen-bond acceptors (Lipinski definition) is 4. The third-order valence-electron chi connectivity index (χ3n) is 2.67. The van der Waals surface area contributed by atoms with Crippen molar-refractivity contribution in [2.75, 3.05) is 25.2 Å². The van der Waals surface area contributed by atoms with E-state index in [-0.39, 0.29) is 0 Å². The first kappa shape index (κ1) is 13.2. The van der Waals surface area contributed by atoms with Crippen molar-refractivity contribution in [3.63, 3.8) is 0 Å². The molecule has 0 aliphatic heterocycles. The van der Waals surface area contributed by atoms with E-state index in [0.717, 1.165) is 41.1 Å². The van der Waals surface area contributed by atoms with E-state index in [2.05, 4.69) is 11.1 Å². The number of fused-ring (bicyclic) bond motifs is 1. The SMILES string of the molecule is COCCCSc1cc(C)nc2ccc(N)cc12. The van der Waals surface area contributed by atoms with Gasteiger partial charge in [-0.25, -0.2) is 0 Å². The van der Waals surface area contributed by atoms with Gasteiger partial charge in [-0.05, 0) is 37.6 Å². The molecular formula is C14H18N2OS. The van der Waals surface area contributed by atoms with Crippen LogP contribution < -0.4 is 5.73 Å².